The maximum Gasteiger partial charge on any atom is 0.00315 e. The van der Waals surface area contributed by atoms with Crippen LogP contribution >= 0.6 is 0 Å². The lowest BCUT2D eigenvalue weighted by molar-refractivity contribution is 0.814. The second kappa shape index (κ2) is 4.68. The summed E-state index contributed by atoms with van der Waals surface area (Å²) in [6.45, 7) is 11.4. The van der Waals surface area contributed by atoms with Gasteiger partial charge >= 0.3 is 0 Å². The highest BCUT2D eigenvalue weighted by atomic mass is 14.3. The third-order valence-electron chi connectivity index (χ3n) is 4.38. The summed E-state index contributed by atoms with van der Waals surface area (Å²) in [6.07, 6.45) is 9.29. The van der Waals surface area contributed by atoms with Gasteiger partial charge in [0.2, 0.25) is 0 Å². The molecule has 1 atom stereocenters. The normalized spacial score (nSPS) is 24.6. The third kappa shape index (κ3) is 1.94. The topological polar surface area (TPSA) is 0 Å². The van der Waals surface area contributed by atoms with E-state index in [1.54, 1.807) is 11.1 Å². The summed E-state index contributed by atoms with van der Waals surface area (Å²) in [7, 11) is 0. The molecule has 91 valence electrons. The Bertz CT molecular complexity index is 452. The minimum absolute atomic E-state index is 0.591. The van der Waals surface area contributed by atoms with E-state index in [1.807, 2.05) is 0 Å². The molecule has 2 aliphatic carbocycles. The molecule has 0 aromatic rings. The summed E-state index contributed by atoms with van der Waals surface area (Å²) in [5.74, 6) is 0.591. The molecule has 0 aromatic carbocycles. The van der Waals surface area contributed by atoms with Gasteiger partial charge in [-0.15, -0.1) is 0 Å². The van der Waals surface area contributed by atoms with Gasteiger partial charge in [-0.25, -0.2) is 0 Å². The lowest BCUT2D eigenvalue weighted by Gasteiger charge is -2.17. The van der Waals surface area contributed by atoms with Crippen molar-refractivity contribution in [3.63, 3.8) is 0 Å². The Morgan fingerprint density at radius 2 is 1.94 bits per heavy atom. The first-order valence-electron chi connectivity index (χ1n) is 6.77. The predicted octanol–water partition coefficient (Wildman–Crippen LogP) is 5.15. The Hall–Kier alpha value is -1.04. The number of rotatable bonds is 3. The van der Waals surface area contributed by atoms with Gasteiger partial charge in [0.15, 0.2) is 0 Å². The van der Waals surface area contributed by atoms with E-state index in [4.69, 9.17) is 0 Å². The molecule has 0 amide bonds. The van der Waals surface area contributed by atoms with Crippen LogP contribution in [0.1, 0.15) is 53.9 Å². The standard InChI is InChI=1S/C17H23/c1-6-8-15-9-7-10-16(15)17-13(4)11(2)12(3)14(17)5/h10,13H,6-8H2,1-5H3. The van der Waals surface area contributed by atoms with E-state index in [-0.39, 0.29) is 0 Å². The molecule has 0 saturated carbocycles. The van der Waals surface area contributed by atoms with E-state index in [9.17, 15) is 0 Å². The Morgan fingerprint density at radius 3 is 2.47 bits per heavy atom. The van der Waals surface area contributed by atoms with Crippen LogP contribution in [-0.4, -0.2) is 0 Å². The van der Waals surface area contributed by atoms with Crippen LogP contribution in [0.5, 0.6) is 0 Å². The zero-order chi connectivity index (χ0) is 12.6. The fourth-order valence-corrected chi connectivity index (χ4v) is 3.04. The van der Waals surface area contributed by atoms with E-state index in [0.29, 0.717) is 5.92 Å². The quantitative estimate of drug-likeness (QED) is 0.625. The van der Waals surface area contributed by atoms with Crippen LogP contribution in [0, 0.1) is 12.0 Å². The Morgan fingerprint density at radius 1 is 1.24 bits per heavy atom. The van der Waals surface area contributed by atoms with Crippen LogP contribution in [0.2, 0.25) is 0 Å². The van der Waals surface area contributed by atoms with Crippen molar-refractivity contribution in [2.24, 2.45) is 5.92 Å². The summed E-state index contributed by atoms with van der Waals surface area (Å²) in [6, 6.07) is 0. The fraction of sp³-hybridized carbons (Fsp3) is 0.529. The Kier molecular flexibility index (Phi) is 3.42. The molecule has 0 N–H and O–H groups in total. The van der Waals surface area contributed by atoms with Crippen LogP contribution in [0.15, 0.2) is 39.5 Å². The van der Waals surface area contributed by atoms with E-state index < -0.39 is 0 Å². The average Bonchev–Trinajstić information content (AvgIpc) is 2.82. The van der Waals surface area contributed by atoms with Crippen LogP contribution in [0.25, 0.3) is 0 Å². The minimum atomic E-state index is 0.591. The molecule has 2 rings (SSSR count). The van der Waals surface area contributed by atoms with E-state index in [1.165, 1.54) is 35.1 Å². The first-order valence-corrected chi connectivity index (χ1v) is 6.77. The van der Waals surface area contributed by atoms with Crippen molar-refractivity contribution >= 4 is 0 Å². The van der Waals surface area contributed by atoms with Gasteiger partial charge in [-0.1, -0.05) is 31.9 Å². The van der Waals surface area contributed by atoms with Crippen molar-refractivity contribution in [2.75, 3.05) is 0 Å². The van der Waals surface area contributed by atoms with Crippen LogP contribution < -0.4 is 0 Å². The smallest absolute Gasteiger partial charge is 0.00315 e. The molecule has 17 heavy (non-hydrogen) atoms. The molecular weight excluding hydrogens is 204 g/mol. The first kappa shape index (κ1) is 12.4. The molecule has 0 aliphatic heterocycles. The SMILES string of the molecule is CCCC1=[C]CC=C1C1=C(C)C(C)=C(C)C1C. The second-order valence-corrected chi connectivity index (χ2v) is 5.30. The van der Waals surface area contributed by atoms with Gasteiger partial charge in [0.1, 0.15) is 0 Å². The Balaban J connectivity index is 2.35. The molecule has 0 heteroatoms. The molecule has 0 spiro atoms. The van der Waals surface area contributed by atoms with Crippen LogP contribution in [-0.2, 0) is 0 Å². The molecule has 1 unspecified atom stereocenters. The van der Waals surface area contributed by atoms with Crippen LogP contribution in [0.4, 0.5) is 0 Å². The molecule has 0 fully saturated rings. The highest BCUT2D eigenvalue weighted by molar-refractivity contribution is 5.60. The van der Waals surface area contributed by atoms with Gasteiger partial charge < -0.3 is 0 Å². The molecule has 0 bridgehead atoms. The van der Waals surface area contributed by atoms with Crippen molar-refractivity contribution < 1.29 is 0 Å². The molecular formula is C17H23. The summed E-state index contributed by atoms with van der Waals surface area (Å²) in [5.41, 5.74) is 9.05. The van der Waals surface area contributed by atoms with Gasteiger partial charge in [0.25, 0.3) is 0 Å². The zero-order valence-electron chi connectivity index (χ0n) is 11.8. The molecule has 0 aromatic heterocycles. The summed E-state index contributed by atoms with van der Waals surface area (Å²) >= 11 is 0. The minimum Gasteiger partial charge on any atom is -0.0722 e. The molecule has 0 saturated heterocycles. The van der Waals surface area contributed by atoms with Gasteiger partial charge in [0, 0.05) is 5.92 Å². The van der Waals surface area contributed by atoms with Gasteiger partial charge in [-0.2, -0.15) is 0 Å². The van der Waals surface area contributed by atoms with E-state index in [2.05, 4.69) is 46.8 Å². The number of allylic oxidation sites excluding steroid dienone is 8. The summed E-state index contributed by atoms with van der Waals surface area (Å²) in [4.78, 5) is 0. The van der Waals surface area contributed by atoms with Gasteiger partial charge in [-0.05, 0) is 67.6 Å². The predicted molar refractivity (Wildman–Crippen MR) is 74.6 cm³/mol. The van der Waals surface area contributed by atoms with Crippen molar-refractivity contribution in [3.05, 3.63) is 45.6 Å². The fourth-order valence-electron chi connectivity index (χ4n) is 3.04. The van der Waals surface area contributed by atoms with Crippen molar-refractivity contribution in [1.29, 1.82) is 0 Å². The summed E-state index contributed by atoms with van der Waals surface area (Å²) in [5, 5.41) is 0. The highest BCUT2D eigenvalue weighted by Gasteiger charge is 2.28. The zero-order valence-corrected chi connectivity index (χ0v) is 11.8. The highest BCUT2D eigenvalue weighted by Crippen LogP contribution is 2.44. The Labute approximate surface area is 106 Å². The van der Waals surface area contributed by atoms with E-state index in [0.717, 1.165) is 6.42 Å². The largest absolute Gasteiger partial charge is 0.0722 e. The molecule has 0 nitrogen and oxygen atoms in total. The van der Waals surface area contributed by atoms with E-state index >= 15 is 0 Å². The molecule has 1 radical (unpaired) electrons. The monoisotopic (exact) mass is 227 g/mol. The van der Waals surface area contributed by atoms with Crippen molar-refractivity contribution in [3.8, 4) is 0 Å². The average molecular weight is 227 g/mol. The third-order valence-corrected chi connectivity index (χ3v) is 4.38. The van der Waals surface area contributed by atoms with Gasteiger partial charge in [-0.3, -0.25) is 0 Å². The maximum absolute atomic E-state index is 3.53. The maximum atomic E-state index is 3.53. The number of hydrogen-bond acceptors (Lipinski definition) is 0. The summed E-state index contributed by atoms with van der Waals surface area (Å²) < 4.78 is 0. The molecule has 2 aliphatic rings. The first-order chi connectivity index (χ1) is 8.07. The second-order valence-electron chi connectivity index (χ2n) is 5.30. The van der Waals surface area contributed by atoms with Gasteiger partial charge in [0.05, 0.1) is 0 Å². The molecule has 0 heterocycles. The van der Waals surface area contributed by atoms with Crippen LogP contribution in [0.3, 0.4) is 0 Å². The lowest BCUT2D eigenvalue weighted by Crippen LogP contribution is -2.02. The van der Waals surface area contributed by atoms with Crippen molar-refractivity contribution in [2.45, 2.75) is 53.9 Å². The lowest BCUT2D eigenvalue weighted by atomic mass is 9.87. The van der Waals surface area contributed by atoms with Crippen molar-refractivity contribution in [1.82, 2.24) is 0 Å². The number of hydrogen-bond donors (Lipinski definition) is 0.